The van der Waals surface area contributed by atoms with Crippen molar-refractivity contribution in [1.82, 2.24) is 9.55 Å². The highest BCUT2D eigenvalue weighted by molar-refractivity contribution is 5.78. The number of morpholine rings is 1. The number of hydrogen-bond donors (Lipinski definition) is 0. The summed E-state index contributed by atoms with van der Waals surface area (Å²) in [5.41, 5.74) is 5.17. The molecule has 1 aromatic heterocycles. The summed E-state index contributed by atoms with van der Waals surface area (Å²) in [6.45, 7) is 9.67. The Morgan fingerprint density at radius 3 is 2.45 bits per heavy atom. The van der Waals surface area contributed by atoms with Crippen molar-refractivity contribution in [2.24, 2.45) is 0 Å². The molecule has 0 N–H and O–H groups in total. The fourth-order valence-corrected chi connectivity index (χ4v) is 4.20. The maximum atomic E-state index is 13.5. The molecule has 1 fully saturated rings. The molecule has 5 heteroatoms. The minimum atomic E-state index is 0.0204. The van der Waals surface area contributed by atoms with E-state index in [0.717, 1.165) is 73.7 Å². The van der Waals surface area contributed by atoms with E-state index in [1.165, 1.54) is 5.69 Å². The lowest BCUT2D eigenvalue weighted by Crippen LogP contribution is -2.36. The van der Waals surface area contributed by atoms with Gasteiger partial charge in [-0.1, -0.05) is 25.5 Å². The van der Waals surface area contributed by atoms with Crippen LogP contribution >= 0.6 is 0 Å². The molecule has 1 aliphatic rings. The van der Waals surface area contributed by atoms with Gasteiger partial charge in [-0.05, 0) is 55.7 Å². The number of aryl methyl sites for hydroxylation is 3. The van der Waals surface area contributed by atoms with E-state index in [4.69, 9.17) is 9.72 Å². The lowest BCUT2D eigenvalue weighted by molar-refractivity contribution is 0.122. The third-order valence-corrected chi connectivity index (χ3v) is 5.67. The molecule has 2 heterocycles. The topological polar surface area (TPSA) is 47.4 Å². The van der Waals surface area contributed by atoms with Crippen molar-refractivity contribution < 1.29 is 4.74 Å². The Hall–Kier alpha value is -2.66. The third-order valence-electron chi connectivity index (χ3n) is 5.67. The molecule has 1 aliphatic heterocycles. The molecular formula is C24H29N3O2. The number of para-hydroxylation sites is 1. The van der Waals surface area contributed by atoms with Crippen molar-refractivity contribution in [3.8, 4) is 5.69 Å². The fraction of sp³-hybridized carbons (Fsp3) is 0.417. The van der Waals surface area contributed by atoms with Crippen molar-refractivity contribution in [2.75, 3.05) is 31.2 Å². The van der Waals surface area contributed by atoms with E-state index in [1.807, 2.05) is 28.8 Å². The zero-order valence-electron chi connectivity index (χ0n) is 17.6. The number of hydrogen-bond acceptors (Lipinski definition) is 4. The van der Waals surface area contributed by atoms with Crippen molar-refractivity contribution in [2.45, 2.75) is 40.0 Å². The Bertz CT molecular complexity index is 1060. The zero-order chi connectivity index (χ0) is 20.4. The monoisotopic (exact) mass is 391 g/mol. The standard InChI is InChI=1S/C24H29N3O2/c1-4-5-10-22-25-21-9-7-6-8-20(21)24(28)27(22)23-17(2)15-19(16-18(23)3)26-11-13-29-14-12-26/h6-9,15-16H,4-5,10-14H2,1-3H3. The predicted octanol–water partition coefficient (Wildman–Crippen LogP) is 4.18. The summed E-state index contributed by atoms with van der Waals surface area (Å²) in [6, 6.07) is 12.0. The van der Waals surface area contributed by atoms with Crippen molar-refractivity contribution >= 4 is 16.6 Å². The van der Waals surface area contributed by atoms with Gasteiger partial charge in [0.1, 0.15) is 5.82 Å². The third kappa shape index (κ3) is 3.79. The maximum absolute atomic E-state index is 13.5. The van der Waals surface area contributed by atoms with Crippen LogP contribution in [0, 0.1) is 13.8 Å². The number of nitrogens with zero attached hydrogens (tertiary/aromatic N) is 3. The van der Waals surface area contributed by atoms with Crippen molar-refractivity contribution in [3.05, 3.63) is 63.7 Å². The molecule has 0 unspecified atom stereocenters. The number of rotatable bonds is 5. The van der Waals surface area contributed by atoms with Crippen molar-refractivity contribution in [1.29, 1.82) is 0 Å². The van der Waals surface area contributed by atoms with E-state index >= 15 is 0 Å². The van der Waals surface area contributed by atoms with Crippen LogP contribution in [0.25, 0.3) is 16.6 Å². The van der Waals surface area contributed by atoms with E-state index in [0.29, 0.717) is 5.39 Å². The van der Waals surface area contributed by atoms with E-state index in [-0.39, 0.29) is 5.56 Å². The van der Waals surface area contributed by atoms with Crippen LogP contribution in [0.3, 0.4) is 0 Å². The Kier molecular flexibility index (Phi) is 5.67. The van der Waals surface area contributed by atoms with Crippen LogP contribution < -0.4 is 10.5 Å². The molecule has 0 atom stereocenters. The van der Waals surface area contributed by atoms with Gasteiger partial charge in [-0.3, -0.25) is 9.36 Å². The van der Waals surface area contributed by atoms with Crippen LogP contribution in [0.4, 0.5) is 5.69 Å². The molecule has 0 amide bonds. The summed E-state index contributed by atoms with van der Waals surface area (Å²) in [6.07, 6.45) is 2.87. The van der Waals surface area contributed by atoms with Gasteiger partial charge in [0, 0.05) is 25.2 Å². The Morgan fingerprint density at radius 1 is 1.07 bits per heavy atom. The van der Waals surface area contributed by atoms with Gasteiger partial charge < -0.3 is 9.64 Å². The number of aromatic nitrogens is 2. The maximum Gasteiger partial charge on any atom is 0.265 e. The molecule has 4 rings (SSSR count). The summed E-state index contributed by atoms with van der Waals surface area (Å²) in [5, 5.41) is 0.670. The summed E-state index contributed by atoms with van der Waals surface area (Å²) < 4.78 is 7.34. The van der Waals surface area contributed by atoms with E-state index in [9.17, 15) is 4.79 Å². The first-order valence-corrected chi connectivity index (χ1v) is 10.5. The van der Waals surface area contributed by atoms with Crippen LogP contribution in [0.15, 0.2) is 41.2 Å². The first-order chi connectivity index (χ1) is 14.1. The molecule has 3 aromatic rings. The van der Waals surface area contributed by atoms with E-state index in [1.54, 1.807) is 0 Å². The van der Waals surface area contributed by atoms with Gasteiger partial charge in [0.05, 0.1) is 29.8 Å². The first-order valence-electron chi connectivity index (χ1n) is 10.5. The van der Waals surface area contributed by atoms with Crippen molar-refractivity contribution in [3.63, 3.8) is 0 Å². The van der Waals surface area contributed by atoms with E-state index in [2.05, 4.69) is 37.8 Å². The molecular weight excluding hydrogens is 362 g/mol. The molecule has 0 aliphatic carbocycles. The van der Waals surface area contributed by atoms with Crippen LogP contribution in [0.1, 0.15) is 36.7 Å². The number of fused-ring (bicyclic) bond motifs is 1. The minimum absolute atomic E-state index is 0.0204. The lowest BCUT2D eigenvalue weighted by atomic mass is 10.1. The second kappa shape index (κ2) is 8.37. The van der Waals surface area contributed by atoms with Gasteiger partial charge >= 0.3 is 0 Å². The molecule has 0 saturated carbocycles. The van der Waals surface area contributed by atoms with Gasteiger partial charge in [0.2, 0.25) is 0 Å². The molecule has 29 heavy (non-hydrogen) atoms. The Labute approximate surface area is 171 Å². The summed E-state index contributed by atoms with van der Waals surface area (Å²) in [7, 11) is 0. The molecule has 1 saturated heterocycles. The minimum Gasteiger partial charge on any atom is -0.378 e. The highest BCUT2D eigenvalue weighted by Gasteiger charge is 2.18. The highest BCUT2D eigenvalue weighted by atomic mass is 16.5. The smallest absolute Gasteiger partial charge is 0.265 e. The predicted molar refractivity (Wildman–Crippen MR) is 118 cm³/mol. The van der Waals surface area contributed by atoms with E-state index < -0.39 is 0 Å². The number of ether oxygens (including phenoxy) is 1. The van der Waals surface area contributed by atoms with Gasteiger partial charge in [-0.15, -0.1) is 0 Å². The Balaban J connectivity index is 1.89. The fourth-order valence-electron chi connectivity index (χ4n) is 4.20. The van der Waals surface area contributed by atoms with Gasteiger partial charge in [-0.25, -0.2) is 4.98 Å². The quantitative estimate of drug-likeness (QED) is 0.655. The average molecular weight is 392 g/mol. The average Bonchev–Trinajstić information content (AvgIpc) is 2.74. The molecule has 0 bridgehead atoms. The molecule has 0 spiro atoms. The van der Waals surface area contributed by atoms with Gasteiger partial charge in [0.25, 0.3) is 5.56 Å². The number of anilines is 1. The Morgan fingerprint density at radius 2 is 1.76 bits per heavy atom. The molecule has 0 radical (unpaired) electrons. The number of benzene rings is 2. The SMILES string of the molecule is CCCCc1nc2ccccc2c(=O)n1-c1c(C)cc(N2CCOCC2)cc1C. The van der Waals surface area contributed by atoms with Crippen LogP contribution in [0.5, 0.6) is 0 Å². The highest BCUT2D eigenvalue weighted by Crippen LogP contribution is 2.27. The zero-order valence-corrected chi connectivity index (χ0v) is 17.6. The first kappa shape index (κ1) is 19.6. The largest absolute Gasteiger partial charge is 0.378 e. The summed E-state index contributed by atoms with van der Waals surface area (Å²) >= 11 is 0. The van der Waals surface area contributed by atoms with Crippen LogP contribution in [-0.2, 0) is 11.2 Å². The van der Waals surface area contributed by atoms with Gasteiger partial charge in [0.15, 0.2) is 0 Å². The molecule has 2 aromatic carbocycles. The summed E-state index contributed by atoms with van der Waals surface area (Å²) in [4.78, 5) is 20.7. The number of unbranched alkanes of at least 4 members (excludes halogenated alkanes) is 1. The van der Waals surface area contributed by atoms with Crippen LogP contribution in [0.2, 0.25) is 0 Å². The molecule has 5 nitrogen and oxygen atoms in total. The second-order valence-corrected chi connectivity index (χ2v) is 7.82. The molecule has 152 valence electrons. The lowest BCUT2D eigenvalue weighted by Gasteiger charge is -2.30. The van der Waals surface area contributed by atoms with Gasteiger partial charge in [-0.2, -0.15) is 0 Å². The normalized spacial score (nSPS) is 14.5. The van der Waals surface area contributed by atoms with Crippen LogP contribution in [-0.4, -0.2) is 35.9 Å². The summed E-state index contributed by atoms with van der Waals surface area (Å²) in [5.74, 6) is 0.848. The second-order valence-electron chi connectivity index (χ2n) is 7.82.